The van der Waals surface area contributed by atoms with Gasteiger partial charge < -0.3 is 4.74 Å². The number of carbonyl (C=O) groups excluding carboxylic acids is 2. The minimum atomic E-state index is -4.76. The van der Waals surface area contributed by atoms with Crippen LogP contribution < -0.4 is 0 Å². The van der Waals surface area contributed by atoms with Gasteiger partial charge in [-0.25, -0.2) is 0 Å². The predicted molar refractivity (Wildman–Crippen MR) is 70.0 cm³/mol. The fraction of sp³-hybridized carbons (Fsp3) is 0.833. The molecule has 1 unspecified atom stereocenters. The van der Waals surface area contributed by atoms with E-state index in [4.69, 9.17) is 9.29 Å². The van der Waals surface area contributed by atoms with Crippen LogP contribution in [-0.4, -0.2) is 41.1 Å². The molecule has 2 fully saturated rings. The topological polar surface area (TPSA) is 110 Å². The van der Waals surface area contributed by atoms with Crippen LogP contribution in [-0.2, 0) is 29.0 Å². The summed E-state index contributed by atoms with van der Waals surface area (Å²) in [6.45, 7) is 5.17. The summed E-state index contributed by atoms with van der Waals surface area (Å²) < 4.78 is 39.7. The second-order valence-corrected chi connectivity index (χ2v) is 7.44. The van der Waals surface area contributed by atoms with Gasteiger partial charge in [-0.15, -0.1) is 4.28 Å². The van der Waals surface area contributed by atoms with E-state index >= 15 is 0 Å². The summed E-state index contributed by atoms with van der Waals surface area (Å²) in [6, 6.07) is 0. The van der Waals surface area contributed by atoms with E-state index in [9.17, 15) is 18.0 Å². The number of hydrogen-bond acceptors (Lipinski definition) is 6. The van der Waals surface area contributed by atoms with E-state index in [-0.39, 0.29) is 6.42 Å². The highest BCUT2D eigenvalue weighted by Crippen LogP contribution is 2.53. The van der Waals surface area contributed by atoms with Gasteiger partial charge in [-0.3, -0.25) is 14.1 Å². The minimum absolute atomic E-state index is 0.124. The van der Waals surface area contributed by atoms with Crippen LogP contribution >= 0.6 is 0 Å². The summed E-state index contributed by atoms with van der Waals surface area (Å²) in [5.74, 6) is -1.81. The van der Waals surface area contributed by atoms with E-state index in [1.165, 1.54) is 0 Å². The molecule has 1 aliphatic carbocycles. The Labute approximate surface area is 123 Å². The Balaban J connectivity index is 2.05. The molecule has 2 aliphatic rings. The summed E-state index contributed by atoms with van der Waals surface area (Å²) in [6.07, 6.45) is 1.73. The van der Waals surface area contributed by atoms with E-state index in [0.717, 1.165) is 6.42 Å². The zero-order chi connectivity index (χ0) is 16.1. The van der Waals surface area contributed by atoms with E-state index < -0.39 is 39.3 Å². The lowest BCUT2D eigenvalue weighted by Crippen LogP contribution is -2.74. The first-order valence-electron chi connectivity index (χ1n) is 6.68. The summed E-state index contributed by atoms with van der Waals surface area (Å²) in [7, 11) is -4.76. The smallest absolute Gasteiger partial charge is 0.418 e. The number of ether oxygens (including phenoxy) is 1. The summed E-state index contributed by atoms with van der Waals surface area (Å²) in [4.78, 5) is 23.8. The number of rotatable bonds is 4. The molecule has 21 heavy (non-hydrogen) atoms. The quantitative estimate of drug-likeness (QED) is 0.464. The first kappa shape index (κ1) is 16.2. The SMILES string of the molecule is CC(C)(C)OC(=O)CC1C(=O)N(OS(=O)(=O)O)C12CCC2. The highest BCUT2D eigenvalue weighted by molar-refractivity contribution is 7.80. The highest BCUT2D eigenvalue weighted by Gasteiger charge is 2.65. The van der Waals surface area contributed by atoms with Gasteiger partial charge in [-0.2, -0.15) is 13.5 Å². The molecule has 1 spiro atoms. The second-order valence-electron chi connectivity index (χ2n) is 6.44. The number of nitrogens with zero attached hydrogens (tertiary/aromatic N) is 1. The van der Waals surface area contributed by atoms with Crippen LogP contribution in [0.1, 0.15) is 46.5 Å². The molecule has 120 valence electrons. The van der Waals surface area contributed by atoms with E-state index in [1.54, 1.807) is 20.8 Å². The minimum Gasteiger partial charge on any atom is -0.460 e. The summed E-state index contributed by atoms with van der Waals surface area (Å²) in [5, 5.41) is 0.681. The monoisotopic (exact) mass is 321 g/mol. The molecule has 0 bridgehead atoms. The lowest BCUT2D eigenvalue weighted by molar-refractivity contribution is -0.256. The summed E-state index contributed by atoms with van der Waals surface area (Å²) in [5.41, 5.74) is -1.47. The molecular formula is C12H19NO7S. The molecule has 0 aromatic heterocycles. The van der Waals surface area contributed by atoms with Crippen molar-refractivity contribution in [2.45, 2.75) is 57.6 Å². The summed E-state index contributed by atoms with van der Waals surface area (Å²) >= 11 is 0. The fourth-order valence-electron chi connectivity index (χ4n) is 2.79. The zero-order valence-electron chi connectivity index (χ0n) is 12.2. The zero-order valence-corrected chi connectivity index (χ0v) is 13.0. The van der Waals surface area contributed by atoms with Crippen LogP contribution in [0.25, 0.3) is 0 Å². The van der Waals surface area contributed by atoms with Crippen LogP contribution in [0.2, 0.25) is 0 Å². The Hall–Kier alpha value is -1.19. The molecule has 1 amide bonds. The molecular weight excluding hydrogens is 302 g/mol. The molecule has 2 rings (SSSR count). The Kier molecular flexibility index (Phi) is 3.79. The molecule has 9 heteroatoms. The molecule has 1 N–H and O–H groups in total. The number of hydroxylamine groups is 2. The van der Waals surface area contributed by atoms with E-state index in [1.807, 2.05) is 0 Å². The molecule has 0 aromatic carbocycles. The first-order valence-corrected chi connectivity index (χ1v) is 8.04. The van der Waals surface area contributed by atoms with Crippen LogP contribution in [0.3, 0.4) is 0 Å². The average molecular weight is 321 g/mol. The van der Waals surface area contributed by atoms with Crippen LogP contribution in [0.5, 0.6) is 0 Å². The lowest BCUT2D eigenvalue weighted by Gasteiger charge is -2.59. The van der Waals surface area contributed by atoms with Crippen molar-refractivity contribution < 1.29 is 31.6 Å². The molecule has 1 atom stereocenters. The maximum absolute atomic E-state index is 12.0. The predicted octanol–water partition coefficient (Wildman–Crippen LogP) is 0.834. The van der Waals surface area contributed by atoms with E-state index in [0.29, 0.717) is 17.9 Å². The van der Waals surface area contributed by atoms with Crippen LogP contribution in [0.4, 0.5) is 0 Å². The maximum Gasteiger partial charge on any atom is 0.418 e. The number of esters is 1. The third-order valence-electron chi connectivity index (χ3n) is 3.73. The van der Waals surface area contributed by atoms with Gasteiger partial charge in [0.15, 0.2) is 0 Å². The number of β-lactam (4-membered cyclic amide) rings is 1. The normalized spacial score (nSPS) is 24.5. The molecule has 0 radical (unpaired) electrons. The standard InChI is InChI=1S/C12H19NO7S/c1-11(2,3)19-9(14)7-8-10(15)13(20-21(16,17)18)12(8)5-4-6-12/h8H,4-7H2,1-3H3,(H,16,17,18). The van der Waals surface area contributed by atoms with Gasteiger partial charge in [0.25, 0.3) is 5.91 Å². The maximum atomic E-state index is 12.0. The molecule has 0 aromatic rings. The van der Waals surface area contributed by atoms with Crippen molar-refractivity contribution in [3.63, 3.8) is 0 Å². The molecule has 1 aliphatic heterocycles. The largest absolute Gasteiger partial charge is 0.460 e. The number of amides is 1. The van der Waals surface area contributed by atoms with Crippen molar-refractivity contribution in [3.8, 4) is 0 Å². The Morgan fingerprint density at radius 2 is 2.00 bits per heavy atom. The van der Waals surface area contributed by atoms with Crippen LogP contribution in [0.15, 0.2) is 0 Å². The van der Waals surface area contributed by atoms with Gasteiger partial charge >= 0.3 is 16.4 Å². The van der Waals surface area contributed by atoms with Gasteiger partial charge in [0.1, 0.15) is 5.60 Å². The van der Waals surface area contributed by atoms with Crippen molar-refractivity contribution in [2.75, 3.05) is 0 Å². The molecule has 8 nitrogen and oxygen atoms in total. The van der Waals surface area contributed by atoms with Gasteiger partial charge in [-0.1, -0.05) is 0 Å². The Morgan fingerprint density at radius 3 is 2.38 bits per heavy atom. The Morgan fingerprint density at radius 1 is 1.43 bits per heavy atom. The first-order chi connectivity index (χ1) is 9.45. The average Bonchev–Trinajstić information content (AvgIpc) is 2.20. The Bertz CT molecular complexity index is 559. The van der Waals surface area contributed by atoms with Crippen molar-refractivity contribution >= 4 is 22.3 Å². The molecule has 1 saturated heterocycles. The van der Waals surface area contributed by atoms with Crippen molar-refractivity contribution in [2.24, 2.45) is 5.92 Å². The number of hydrogen-bond donors (Lipinski definition) is 1. The molecule has 1 saturated carbocycles. The molecule has 1 heterocycles. The van der Waals surface area contributed by atoms with Crippen LogP contribution in [0, 0.1) is 5.92 Å². The highest BCUT2D eigenvalue weighted by atomic mass is 32.3. The van der Waals surface area contributed by atoms with Crippen molar-refractivity contribution in [1.82, 2.24) is 5.06 Å². The fourth-order valence-corrected chi connectivity index (χ4v) is 3.20. The lowest BCUT2D eigenvalue weighted by atomic mass is 9.61. The van der Waals surface area contributed by atoms with Gasteiger partial charge in [0.05, 0.1) is 17.9 Å². The van der Waals surface area contributed by atoms with Crippen molar-refractivity contribution in [3.05, 3.63) is 0 Å². The van der Waals surface area contributed by atoms with E-state index in [2.05, 4.69) is 4.28 Å². The third kappa shape index (κ3) is 3.19. The van der Waals surface area contributed by atoms with Crippen molar-refractivity contribution in [1.29, 1.82) is 0 Å². The van der Waals surface area contributed by atoms with Gasteiger partial charge in [-0.05, 0) is 40.0 Å². The second kappa shape index (κ2) is 4.92. The van der Waals surface area contributed by atoms with Gasteiger partial charge in [0.2, 0.25) is 0 Å². The number of carbonyl (C=O) groups is 2. The third-order valence-corrected chi connectivity index (χ3v) is 4.07. The van der Waals surface area contributed by atoms with Gasteiger partial charge in [0, 0.05) is 0 Å².